The Labute approximate surface area is 133 Å². The molecule has 0 saturated heterocycles. The van der Waals surface area contributed by atoms with Crippen molar-refractivity contribution in [2.24, 2.45) is 0 Å². The highest BCUT2D eigenvalue weighted by Crippen LogP contribution is 2.20. The minimum atomic E-state index is -0.489. The first kappa shape index (κ1) is 14.3. The molecule has 0 radical (unpaired) electrons. The van der Waals surface area contributed by atoms with Crippen LogP contribution in [-0.2, 0) is 0 Å². The van der Waals surface area contributed by atoms with E-state index in [9.17, 15) is 9.59 Å². The average molecular weight is 362 g/mol. The fourth-order valence-electron chi connectivity index (χ4n) is 2.01. The summed E-state index contributed by atoms with van der Waals surface area (Å²) in [5.41, 5.74) is 6.82. The summed E-state index contributed by atoms with van der Waals surface area (Å²) in [6.07, 6.45) is 0. The molecule has 3 aromatic rings. The van der Waals surface area contributed by atoms with Crippen LogP contribution >= 0.6 is 15.9 Å². The number of hydrogen-bond donors (Lipinski definition) is 4. The minimum absolute atomic E-state index is 0.207. The summed E-state index contributed by atoms with van der Waals surface area (Å²) in [5, 5.41) is 7.36. The number of fused-ring (bicyclic) bond motifs is 1. The molecule has 8 heteroatoms. The first-order valence-electron chi connectivity index (χ1n) is 6.44. The maximum Gasteiger partial charge on any atom is 0.290 e. The van der Waals surface area contributed by atoms with Gasteiger partial charge in [-0.15, -0.1) is 0 Å². The van der Waals surface area contributed by atoms with Crippen LogP contribution in [0.25, 0.3) is 10.9 Å². The van der Waals surface area contributed by atoms with E-state index in [4.69, 9.17) is 0 Å². The summed E-state index contributed by atoms with van der Waals surface area (Å²) in [6, 6.07) is 8.93. The number of carbonyl (C=O) groups excluding carboxylic acids is 2. The molecule has 0 saturated carbocycles. The van der Waals surface area contributed by atoms with Gasteiger partial charge in [0.25, 0.3) is 11.8 Å². The third kappa shape index (κ3) is 2.86. The van der Waals surface area contributed by atoms with E-state index in [1.165, 1.54) is 0 Å². The Hall–Kier alpha value is -2.61. The van der Waals surface area contributed by atoms with E-state index in [1.807, 2.05) is 18.2 Å². The minimum Gasteiger partial charge on any atom is -0.350 e. The molecule has 0 aliphatic heterocycles. The summed E-state index contributed by atoms with van der Waals surface area (Å²) in [4.78, 5) is 26.8. The van der Waals surface area contributed by atoms with Gasteiger partial charge in [0.15, 0.2) is 5.69 Å². The van der Waals surface area contributed by atoms with Gasteiger partial charge < -0.3 is 4.98 Å². The highest BCUT2D eigenvalue weighted by molar-refractivity contribution is 9.10. The summed E-state index contributed by atoms with van der Waals surface area (Å²) in [6.45, 7) is 1.78. The number of benzene rings is 1. The van der Waals surface area contributed by atoms with Crippen molar-refractivity contribution in [1.82, 2.24) is 26.0 Å². The normalized spacial score (nSPS) is 10.6. The lowest BCUT2D eigenvalue weighted by atomic mass is 10.2. The average Bonchev–Trinajstić information content (AvgIpc) is 3.10. The molecule has 2 heterocycles. The highest BCUT2D eigenvalue weighted by Gasteiger charge is 2.13. The van der Waals surface area contributed by atoms with Gasteiger partial charge in [0.1, 0.15) is 5.69 Å². The molecule has 112 valence electrons. The maximum atomic E-state index is 12.0. The molecule has 0 unspecified atom stereocenters. The van der Waals surface area contributed by atoms with Crippen LogP contribution in [0.3, 0.4) is 0 Å². The first-order valence-corrected chi connectivity index (χ1v) is 7.23. The monoisotopic (exact) mass is 361 g/mol. The Morgan fingerprint density at radius 1 is 1.14 bits per heavy atom. The SMILES string of the molecule is Cc1cc(C(=O)NNC(=O)c2cc3cc(Br)ccc3[nH]2)n[nH]1. The van der Waals surface area contributed by atoms with Gasteiger partial charge in [-0.25, -0.2) is 0 Å². The van der Waals surface area contributed by atoms with Crippen LogP contribution in [-0.4, -0.2) is 27.0 Å². The van der Waals surface area contributed by atoms with Gasteiger partial charge in [0.2, 0.25) is 0 Å². The van der Waals surface area contributed by atoms with Crippen LogP contribution in [0.1, 0.15) is 26.7 Å². The van der Waals surface area contributed by atoms with Crippen molar-refractivity contribution in [3.05, 3.63) is 51.9 Å². The molecule has 2 amide bonds. The summed E-state index contributed by atoms with van der Waals surface area (Å²) < 4.78 is 0.924. The van der Waals surface area contributed by atoms with Gasteiger partial charge in [-0.05, 0) is 37.3 Å². The van der Waals surface area contributed by atoms with Gasteiger partial charge >= 0.3 is 0 Å². The van der Waals surface area contributed by atoms with Crippen LogP contribution in [0.4, 0.5) is 0 Å². The number of H-pyrrole nitrogens is 2. The molecule has 0 bridgehead atoms. The van der Waals surface area contributed by atoms with Crippen molar-refractivity contribution in [2.45, 2.75) is 6.92 Å². The van der Waals surface area contributed by atoms with Crippen LogP contribution in [0, 0.1) is 6.92 Å². The fraction of sp³-hybridized carbons (Fsp3) is 0.0714. The number of aromatic amines is 2. The molecule has 4 N–H and O–H groups in total. The molecule has 2 aromatic heterocycles. The molecule has 0 aliphatic rings. The van der Waals surface area contributed by atoms with Crippen molar-refractivity contribution in [3.63, 3.8) is 0 Å². The van der Waals surface area contributed by atoms with E-state index in [2.05, 4.69) is 42.0 Å². The number of nitrogens with one attached hydrogen (secondary N) is 4. The summed E-state index contributed by atoms with van der Waals surface area (Å²) >= 11 is 3.37. The zero-order valence-corrected chi connectivity index (χ0v) is 13.1. The predicted molar refractivity (Wildman–Crippen MR) is 84.3 cm³/mol. The summed E-state index contributed by atoms with van der Waals surface area (Å²) in [7, 11) is 0. The zero-order valence-electron chi connectivity index (χ0n) is 11.5. The lowest BCUT2D eigenvalue weighted by Gasteiger charge is -2.03. The van der Waals surface area contributed by atoms with E-state index < -0.39 is 11.8 Å². The molecule has 0 aliphatic carbocycles. The number of rotatable bonds is 2. The second-order valence-electron chi connectivity index (χ2n) is 4.76. The second-order valence-corrected chi connectivity index (χ2v) is 5.67. The molecule has 0 atom stereocenters. The number of aromatic nitrogens is 3. The molecule has 3 rings (SSSR count). The molecule has 7 nitrogen and oxygen atoms in total. The number of amides is 2. The van der Waals surface area contributed by atoms with Crippen molar-refractivity contribution in [3.8, 4) is 0 Å². The van der Waals surface area contributed by atoms with E-state index in [-0.39, 0.29) is 5.69 Å². The van der Waals surface area contributed by atoms with E-state index in [1.54, 1.807) is 19.1 Å². The second kappa shape index (κ2) is 5.64. The van der Waals surface area contributed by atoms with Crippen LogP contribution in [0.5, 0.6) is 0 Å². The lowest BCUT2D eigenvalue weighted by Crippen LogP contribution is -2.41. The number of hydrazine groups is 1. The molecular weight excluding hydrogens is 350 g/mol. The molecule has 0 fully saturated rings. The number of nitrogens with zero attached hydrogens (tertiary/aromatic N) is 1. The Morgan fingerprint density at radius 2 is 1.91 bits per heavy atom. The predicted octanol–water partition coefficient (Wildman–Crippen LogP) is 2.04. The third-order valence-corrected chi connectivity index (χ3v) is 3.55. The standard InChI is InChI=1S/C14H12BrN5O2/c1-7-4-12(18-17-7)14(22)20-19-13(21)11-6-8-5-9(15)2-3-10(8)16-11/h2-6,16H,1H3,(H,17,18)(H,19,21)(H,20,22). The Kier molecular flexibility index (Phi) is 3.68. The molecule has 0 spiro atoms. The molecular formula is C14H12BrN5O2. The van der Waals surface area contributed by atoms with Crippen LogP contribution in [0.15, 0.2) is 34.8 Å². The topological polar surface area (TPSA) is 103 Å². The number of carbonyl (C=O) groups is 2. The number of aryl methyl sites for hydroxylation is 1. The largest absolute Gasteiger partial charge is 0.350 e. The van der Waals surface area contributed by atoms with Gasteiger partial charge in [0.05, 0.1) is 0 Å². The fourth-order valence-corrected chi connectivity index (χ4v) is 2.38. The van der Waals surface area contributed by atoms with Gasteiger partial charge in [0, 0.05) is 21.1 Å². The highest BCUT2D eigenvalue weighted by atomic mass is 79.9. The van der Waals surface area contributed by atoms with Crippen molar-refractivity contribution >= 4 is 38.6 Å². The number of hydrogen-bond acceptors (Lipinski definition) is 3. The molecule has 22 heavy (non-hydrogen) atoms. The summed E-state index contributed by atoms with van der Waals surface area (Å²) in [5.74, 6) is -0.926. The van der Waals surface area contributed by atoms with Crippen LogP contribution < -0.4 is 10.9 Å². The quantitative estimate of drug-likeness (QED) is 0.525. The zero-order chi connectivity index (χ0) is 15.7. The maximum absolute atomic E-state index is 12.0. The van der Waals surface area contributed by atoms with Gasteiger partial charge in [-0.3, -0.25) is 25.5 Å². The first-order chi connectivity index (χ1) is 10.5. The van der Waals surface area contributed by atoms with Gasteiger partial charge in [-0.2, -0.15) is 5.10 Å². The van der Waals surface area contributed by atoms with Crippen molar-refractivity contribution in [1.29, 1.82) is 0 Å². The van der Waals surface area contributed by atoms with Crippen molar-refractivity contribution < 1.29 is 9.59 Å². The van der Waals surface area contributed by atoms with E-state index >= 15 is 0 Å². The molecule has 1 aromatic carbocycles. The van der Waals surface area contributed by atoms with Crippen LogP contribution in [0.2, 0.25) is 0 Å². The Morgan fingerprint density at radius 3 is 2.64 bits per heavy atom. The lowest BCUT2D eigenvalue weighted by molar-refractivity contribution is 0.0841. The Bertz CT molecular complexity index is 867. The van der Waals surface area contributed by atoms with E-state index in [0.717, 1.165) is 21.1 Å². The van der Waals surface area contributed by atoms with E-state index in [0.29, 0.717) is 5.69 Å². The van der Waals surface area contributed by atoms with Crippen molar-refractivity contribution in [2.75, 3.05) is 0 Å². The smallest absolute Gasteiger partial charge is 0.290 e. The number of halogens is 1. The van der Waals surface area contributed by atoms with Gasteiger partial charge in [-0.1, -0.05) is 15.9 Å². The Balaban J connectivity index is 1.69. The third-order valence-electron chi connectivity index (χ3n) is 3.06.